The molecule has 4 aromatic carbocycles. The number of aromatic amines is 1. The maximum Gasteiger partial charge on any atom is 0.0479 e. The molecule has 5 aromatic rings. The Balaban J connectivity index is 1.75. The van der Waals surface area contributed by atoms with Crippen LogP contribution in [-0.4, -0.2) is 4.98 Å². The van der Waals surface area contributed by atoms with E-state index in [1.165, 1.54) is 49.3 Å². The lowest BCUT2D eigenvalue weighted by Crippen LogP contribution is -2.15. The number of fused-ring (bicyclic) bond motifs is 8. The van der Waals surface area contributed by atoms with Crippen molar-refractivity contribution >= 4 is 44.2 Å². The Hall–Kier alpha value is -2.77. The minimum Gasteiger partial charge on any atom is -0.354 e. The van der Waals surface area contributed by atoms with Crippen LogP contribution in [0.5, 0.6) is 0 Å². The van der Waals surface area contributed by atoms with Crippen LogP contribution >= 0.6 is 11.6 Å². The third-order valence-electron chi connectivity index (χ3n) is 6.22. The summed E-state index contributed by atoms with van der Waals surface area (Å²) in [6.07, 6.45) is 0. The molecule has 1 aliphatic rings. The van der Waals surface area contributed by atoms with Crippen molar-refractivity contribution in [2.24, 2.45) is 0 Å². The highest BCUT2D eigenvalue weighted by Crippen LogP contribution is 2.52. The van der Waals surface area contributed by atoms with Crippen LogP contribution in [0, 0.1) is 0 Å². The van der Waals surface area contributed by atoms with E-state index in [-0.39, 0.29) is 5.41 Å². The van der Waals surface area contributed by atoms with Gasteiger partial charge in [-0.25, -0.2) is 0 Å². The molecule has 1 N–H and O–H groups in total. The second-order valence-electron chi connectivity index (χ2n) is 8.09. The van der Waals surface area contributed by atoms with E-state index >= 15 is 0 Å². The topological polar surface area (TPSA) is 15.8 Å². The first-order chi connectivity index (χ1) is 13.0. The van der Waals surface area contributed by atoms with Gasteiger partial charge in [0.25, 0.3) is 0 Å². The SMILES string of the molecule is CC1(C)c2cc3[nH]c4cc(Cl)ccc4c3cc2-c2ccc3ccccc3c21. The third kappa shape index (κ3) is 1.90. The minimum absolute atomic E-state index is 0.0331. The summed E-state index contributed by atoms with van der Waals surface area (Å²) in [6, 6.07) is 24.1. The number of hydrogen-bond acceptors (Lipinski definition) is 0. The summed E-state index contributed by atoms with van der Waals surface area (Å²) < 4.78 is 0. The van der Waals surface area contributed by atoms with Crippen molar-refractivity contribution in [3.63, 3.8) is 0 Å². The molecule has 1 heterocycles. The first kappa shape index (κ1) is 15.3. The van der Waals surface area contributed by atoms with Crippen molar-refractivity contribution < 1.29 is 0 Å². The maximum atomic E-state index is 6.19. The van der Waals surface area contributed by atoms with Crippen molar-refractivity contribution in [2.75, 3.05) is 0 Å². The first-order valence-electron chi connectivity index (χ1n) is 9.32. The summed E-state index contributed by atoms with van der Waals surface area (Å²) in [5.41, 5.74) is 7.78. The monoisotopic (exact) mass is 367 g/mol. The number of nitrogens with one attached hydrogen (secondary N) is 1. The van der Waals surface area contributed by atoms with Crippen LogP contribution in [0.2, 0.25) is 5.02 Å². The van der Waals surface area contributed by atoms with Gasteiger partial charge in [0.2, 0.25) is 0 Å². The molecule has 1 aliphatic carbocycles. The van der Waals surface area contributed by atoms with E-state index < -0.39 is 0 Å². The predicted molar refractivity (Wildman–Crippen MR) is 116 cm³/mol. The van der Waals surface area contributed by atoms with E-state index in [9.17, 15) is 0 Å². The molecule has 0 radical (unpaired) electrons. The number of hydrogen-bond donors (Lipinski definition) is 1. The van der Waals surface area contributed by atoms with Crippen LogP contribution in [0.15, 0.2) is 66.7 Å². The Bertz CT molecular complexity index is 1400. The molecule has 1 nitrogen and oxygen atoms in total. The van der Waals surface area contributed by atoms with Crippen LogP contribution in [0.3, 0.4) is 0 Å². The molecule has 0 saturated heterocycles. The highest BCUT2D eigenvalue weighted by Gasteiger charge is 2.37. The molecule has 0 aliphatic heterocycles. The van der Waals surface area contributed by atoms with Crippen molar-refractivity contribution in [3.05, 3.63) is 82.9 Å². The highest BCUT2D eigenvalue weighted by molar-refractivity contribution is 6.31. The molecule has 0 fully saturated rings. The van der Waals surface area contributed by atoms with Gasteiger partial charge < -0.3 is 4.98 Å². The predicted octanol–water partition coefficient (Wildman–Crippen LogP) is 7.43. The lowest BCUT2D eigenvalue weighted by Gasteiger charge is -2.23. The molecule has 0 amide bonds. The molecule has 2 heteroatoms. The Morgan fingerprint density at radius 1 is 0.741 bits per heavy atom. The molecule has 1 aromatic heterocycles. The quantitative estimate of drug-likeness (QED) is 0.293. The lowest BCUT2D eigenvalue weighted by atomic mass is 9.80. The fraction of sp³-hybridized carbons (Fsp3) is 0.120. The number of H-pyrrole nitrogens is 1. The standard InChI is InChI=1S/C25H18ClN/c1-25(2)21-13-23-20(17-10-8-15(26)11-22(17)27-23)12-19(21)18-9-7-14-5-3-4-6-16(14)24(18)25/h3-13,27H,1-2H3. The summed E-state index contributed by atoms with van der Waals surface area (Å²) in [7, 11) is 0. The Morgan fingerprint density at radius 2 is 1.56 bits per heavy atom. The first-order valence-corrected chi connectivity index (χ1v) is 9.70. The van der Waals surface area contributed by atoms with Crippen LogP contribution in [0.1, 0.15) is 25.0 Å². The molecule has 0 unspecified atom stereocenters. The molecular weight excluding hydrogens is 350 g/mol. The zero-order valence-electron chi connectivity index (χ0n) is 15.2. The summed E-state index contributed by atoms with van der Waals surface area (Å²) in [5, 5.41) is 5.92. The van der Waals surface area contributed by atoms with Crippen LogP contribution < -0.4 is 0 Å². The van der Waals surface area contributed by atoms with Crippen molar-refractivity contribution in [2.45, 2.75) is 19.3 Å². The summed E-state index contributed by atoms with van der Waals surface area (Å²) in [4.78, 5) is 3.57. The van der Waals surface area contributed by atoms with Gasteiger partial charge in [-0.1, -0.05) is 67.9 Å². The van der Waals surface area contributed by atoms with Crippen molar-refractivity contribution in [3.8, 4) is 11.1 Å². The van der Waals surface area contributed by atoms with Crippen LogP contribution in [0.25, 0.3) is 43.7 Å². The molecular formula is C25H18ClN. The van der Waals surface area contributed by atoms with E-state index in [0.29, 0.717) is 0 Å². The molecule has 0 saturated carbocycles. The second-order valence-corrected chi connectivity index (χ2v) is 8.53. The number of halogens is 1. The second kappa shape index (κ2) is 4.94. The molecule has 6 rings (SSSR count). The molecule has 0 atom stereocenters. The Morgan fingerprint density at radius 3 is 2.44 bits per heavy atom. The van der Waals surface area contributed by atoms with E-state index in [1.807, 2.05) is 12.1 Å². The zero-order valence-corrected chi connectivity index (χ0v) is 16.0. The fourth-order valence-electron chi connectivity index (χ4n) is 4.97. The van der Waals surface area contributed by atoms with Crippen molar-refractivity contribution in [1.82, 2.24) is 4.98 Å². The van der Waals surface area contributed by atoms with Gasteiger partial charge in [-0.05, 0) is 57.3 Å². The Labute approximate surface area is 162 Å². The number of benzene rings is 4. The average molecular weight is 368 g/mol. The van der Waals surface area contributed by atoms with Gasteiger partial charge in [-0.2, -0.15) is 0 Å². The molecule has 0 spiro atoms. The van der Waals surface area contributed by atoms with Gasteiger partial charge in [-0.3, -0.25) is 0 Å². The van der Waals surface area contributed by atoms with Gasteiger partial charge in [0, 0.05) is 32.2 Å². The fourth-order valence-corrected chi connectivity index (χ4v) is 5.14. The van der Waals surface area contributed by atoms with E-state index in [2.05, 4.69) is 73.4 Å². The van der Waals surface area contributed by atoms with Gasteiger partial charge in [0.05, 0.1) is 0 Å². The van der Waals surface area contributed by atoms with E-state index in [1.54, 1.807) is 0 Å². The van der Waals surface area contributed by atoms with Gasteiger partial charge in [-0.15, -0.1) is 0 Å². The lowest BCUT2D eigenvalue weighted by molar-refractivity contribution is 0.667. The summed E-state index contributed by atoms with van der Waals surface area (Å²) >= 11 is 6.19. The third-order valence-corrected chi connectivity index (χ3v) is 6.45. The number of aromatic nitrogens is 1. The number of rotatable bonds is 0. The zero-order chi connectivity index (χ0) is 18.3. The Kier molecular flexibility index (Phi) is 2.80. The largest absolute Gasteiger partial charge is 0.354 e. The van der Waals surface area contributed by atoms with Gasteiger partial charge in [0.1, 0.15) is 0 Å². The smallest absolute Gasteiger partial charge is 0.0479 e. The van der Waals surface area contributed by atoms with E-state index in [0.717, 1.165) is 10.5 Å². The summed E-state index contributed by atoms with van der Waals surface area (Å²) in [5.74, 6) is 0. The van der Waals surface area contributed by atoms with Gasteiger partial charge in [0.15, 0.2) is 0 Å². The molecule has 0 bridgehead atoms. The summed E-state index contributed by atoms with van der Waals surface area (Å²) in [6.45, 7) is 4.69. The highest BCUT2D eigenvalue weighted by atomic mass is 35.5. The van der Waals surface area contributed by atoms with Crippen LogP contribution in [0.4, 0.5) is 0 Å². The van der Waals surface area contributed by atoms with Crippen molar-refractivity contribution in [1.29, 1.82) is 0 Å². The average Bonchev–Trinajstić information content (AvgIpc) is 3.12. The maximum absolute atomic E-state index is 6.19. The normalized spacial score (nSPS) is 14.8. The molecule has 27 heavy (non-hydrogen) atoms. The van der Waals surface area contributed by atoms with Gasteiger partial charge >= 0.3 is 0 Å². The minimum atomic E-state index is -0.0331. The van der Waals surface area contributed by atoms with Crippen LogP contribution in [-0.2, 0) is 5.41 Å². The molecule has 130 valence electrons. The van der Waals surface area contributed by atoms with E-state index in [4.69, 9.17) is 11.6 Å².